The van der Waals surface area contributed by atoms with Crippen molar-refractivity contribution in [1.82, 2.24) is 5.32 Å². The van der Waals surface area contributed by atoms with Gasteiger partial charge in [0.2, 0.25) is 0 Å². The van der Waals surface area contributed by atoms with E-state index in [-0.39, 0.29) is 11.7 Å². The summed E-state index contributed by atoms with van der Waals surface area (Å²) >= 11 is 0. The highest BCUT2D eigenvalue weighted by Gasteiger charge is 2.33. The van der Waals surface area contributed by atoms with E-state index >= 15 is 0 Å². The molecule has 1 unspecified atom stereocenters. The highest BCUT2D eigenvalue weighted by atomic mass is 19.4. The largest absolute Gasteiger partial charge is 0.416 e. The first-order valence-electron chi connectivity index (χ1n) is 6.28. The van der Waals surface area contributed by atoms with Crippen LogP contribution in [0.1, 0.15) is 5.56 Å². The topological polar surface area (TPSA) is 76.4 Å². The first-order valence-corrected chi connectivity index (χ1v) is 6.28. The van der Waals surface area contributed by atoms with Crippen LogP contribution in [0, 0.1) is 10.1 Å². The van der Waals surface area contributed by atoms with Gasteiger partial charge in [0.05, 0.1) is 23.7 Å². The average Bonchev–Trinajstić information content (AvgIpc) is 2.45. The Kier molecular flexibility index (Phi) is 4.63. The van der Waals surface area contributed by atoms with E-state index in [0.717, 1.165) is 12.1 Å². The summed E-state index contributed by atoms with van der Waals surface area (Å²) in [6, 6.07) is 2.39. The highest BCUT2D eigenvalue weighted by molar-refractivity contribution is 5.63. The van der Waals surface area contributed by atoms with Crippen molar-refractivity contribution in [3.63, 3.8) is 0 Å². The van der Waals surface area contributed by atoms with Crippen molar-refractivity contribution in [2.45, 2.75) is 12.2 Å². The Bertz CT molecular complexity index is 516. The highest BCUT2D eigenvalue weighted by Crippen LogP contribution is 2.34. The number of morpholine rings is 1. The van der Waals surface area contributed by atoms with Gasteiger partial charge >= 0.3 is 6.18 Å². The zero-order valence-corrected chi connectivity index (χ0v) is 10.9. The number of rotatable bonds is 4. The maximum Gasteiger partial charge on any atom is 0.416 e. The Balaban J connectivity index is 2.12. The molecule has 1 atom stereocenters. The predicted molar refractivity (Wildman–Crippen MR) is 69.2 cm³/mol. The summed E-state index contributed by atoms with van der Waals surface area (Å²) in [7, 11) is 0. The fraction of sp³-hybridized carbons (Fsp3) is 0.500. The van der Waals surface area contributed by atoms with Gasteiger partial charge in [-0.05, 0) is 12.1 Å². The fourth-order valence-corrected chi connectivity index (χ4v) is 1.99. The monoisotopic (exact) mass is 305 g/mol. The molecule has 1 aromatic carbocycles. The number of nitro benzene ring substituents is 1. The lowest BCUT2D eigenvalue weighted by molar-refractivity contribution is -0.384. The van der Waals surface area contributed by atoms with Crippen molar-refractivity contribution >= 4 is 11.4 Å². The molecule has 2 N–H and O–H groups in total. The molecule has 1 aliphatic heterocycles. The van der Waals surface area contributed by atoms with E-state index in [1.807, 2.05) is 0 Å². The number of nitrogens with zero attached hydrogens (tertiary/aromatic N) is 1. The molecule has 21 heavy (non-hydrogen) atoms. The maximum absolute atomic E-state index is 12.6. The van der Waals surface area contributed by atoms with Gasteiger partial charge in [0.1, 0.15) is 5.69 Å². The van der Waals surface area contributed by atoms with Crippen LogP contribution in [0.5, 0.6) is 0 Å². The number of alkyl halides is 3. The van der Waals surface area contributed by atoms with Gasteiger partial charge in [-0.1, -0.05) is 0 Å². The summed E-state index contributed by atoms with van der Waals surface area (Å²) in [5.74, 6) is 0. The molecule has 1 saturated heterocycles. The molecular formula is C12H14F3N3O3. The van der Waals surface area contributed by atoms with Crippen LogP contribution in [0.15, 0.2) is 18.2 Å². The molecule has 9 heteroatoms. The molecule has 6 nitrogen and oxygen atoms in total. The molecule has 0 amide bonds. The van der Waals surface area contributed by atoms with Crippen LogP contribution in [0.4, 0.5) is 24.5 Å². The zero-order chi connectivity index (χ0) is 15.5. The van der Waals surface area contributed by atoms with E-state index in [1.54, 1.807) is 0 Å². The van der Waals surface area contributed by atoms with Gasteiger partial charge in [-0.2, -0.15) is 13.2 Å². The van der Waals surface area contributed by atoms with Crippen molar-refractivity contribution in [1.29, 1.82) is 0 Å². The van der Waals surface area contributed by atoms with Gasteiger partial charge in [0, 0.05) is 25.2 Å². The van der Waals surface area contributed by atoms with Crippen LogP contribution in [-0.4, -0.2) is 37.3 Å². The number of hydrogen-bond acceptors (Lipinski definition) is 5. The first-order chi connectivity index (χ1) is 9.88. The van der Waals surface area contributed by atoms with Crippen molar-refractivity contribution in [2.24, 2.45) is 0 Å². The third kappa shape index (κ3) is 4.05. The summed E-state index contributed by atoms with van der Waals surface area (Å²) in [6.07, 6.45) is -4.61. The quantitative estimate of drug-likeness (QED) is 0.657. The van der Waals surface area contributed by atoms with Crippen LogP contribution >= 0.6 is 0 Å². The smallest absolute Gasteiger partial charge is 0.378 e. The summed E-state index contributed by atoms with van der Waals surface area (Å²) < 4.78 is 42.9. The molecule has 0 radical (unpaired) electrons. The predicted octanol–water partition coefficient (Wildman–Crippen LogP) is 2.01. The van der Waals surface area contributed by atoms with Crippen LogP contribution in [0.25, 0.3) is 0 Å². The molecule has 0 aliphatic carbocycles. The summed E-state index contributed by atoms with van der Waals surface area (Å²) in [5, 5.41) is 16.8. The van der Waals surface area contributed by atoms with Crippen molar-refractivity contribution in [3.8, 4) is 0 Å². The molecule has 0 aromatic heterocycles. The average molecular weight is 305 g/mol. The second-order valence-electron chi connectivity index (χ2n) is 4.59. The van der Waals surface area contributed by atoms with E-state index in [9.17, 15) is 23.3 Å². The Morgan fingerprint density at radius 2 is 2.24 bits per heavy atom. The van der Waals surface area contributed by atoms with Gasteiger partial charge in [-0.3, -0.25) is 10.1 Å². The molecule has 0 bridgehead atoms. The zero-order valence-electron chi connectivity index (χ0n) is 10.9. The molecule has 2 rings (SSSR count). The number of nitrogens with one attached hydrogen (secondary N) is 2. The molecule has 1 aromatic rings. The standard InChI is InChI=1S/C12H14F3N3O3/c13-12(14,15)8-1-2-10(11(5-8)18(19)20)17-6-9-7-21-4-3-16-9/h1-2,5,9,16-17H,3-4,6-7H2. The molecule has 1 fully saturated rings. The van der Waals surface area contributed by atoms with Crippen molar-refractivity contribution < 1.29 is 22.8 Å². The Morgan fingerprint density at radius 1 is 1.48 bits per heavy atom. The minimum atomic E-state index is -4.61. The molecule has 0 saturated carbocycles. The van der Waals surface area contributed by atoms with Gasteiger partial charge in [0.15, 0.2) is 0 Å². The molecule has 0 spiro atoms. The lowest BCUT2D eigenvalue weighted by Gasteiger charge is -2.24. The molecule has 116 valence electrons. The first kappa shape index (κ1) is 15.5. The minimum absolute atomic E-state index is 0.0411. The number of hydrogen-bond donors (Lipinski definition) is 2. The van der Waals surface area contributed by atoms with E-state index < -0.39 is 22.4 Å². The van der Waals surface area contributed by atoms with Gasteiger partial charge in [-0.25, -0.2) is 0 Å². The van der Waals surface area contributed by atoms with Gasteiger partial charge < -0.3 is 15.4 Å². The van der Waals surface area contributed by atoms with Crippen LogP contribution in [0.2, 0.25) is 0 Å². The molecular weight excluding hydrogens is 291 g/mol. The number of benzene rings is 1. The van der Waals surface area contributed by atoms with Gasteiger partial charge in [0.25, 0.3) is 5.69 Å². The summed E-state index contributed by atoms with van der Waals surface area (Å²) in [4.78, 5) is 10.1. The summed E-state index contributed by atoms with van der Waals surface area (Å²) in [6.45, 7) is 2.03. The number of halogens is 3. The van der Waals surface area contributed by atoms with Crippen LogP contribution in [0.3, 0.4) is 0 Å². The number of ether oxygens (including phenoxy) is 1. The van der Waals surface area contributed by atoms with Crippen molar-refractivity contribution in [2.75, 3.05) is 31.6 Å². The normalized spacial score (nSPS) is 19.3. The van der Waals surface area contributed by atoms with E-state index in [1.165, 1.54) is 0 Å². The Labute approximate surface area is 118 Å². The van der Waals surface area contributed by atoms with E-state index in [2.05, 4.69) is 10.6 Å². The third-order valence-electron chi connectivity index (χ3n) is 3.06. The Hall–Kier alpha value is -1.87. The minimum Gasteiger partial charge on any atom is -0.378 e. The third-order valence-corrected chi connectivity index (χ3v) is 3.06. The van der Waals surface area contributed by atoms with Crippen LogP contribution in [-0.2, 0) is 10.9 Å². The molecule has 1 aliphatic rings. The van der Waals surface area contributed by atoms with E-state index in [4.69, 9.17) is 4.74 Å². The summed E-state index contributed by atoms with van der Waals surface area (Å²) in [5.41, 5.74) is -1.58. The lowest BCUT2D eigenvalue weighted by Crippen LogP contribution is -2.45. The van der Waals surface area contributed by atoms with Crippen LogP contribution < -0.4 is 10.6 Å². The SMILES string of the molecule is O=[N+]([O-])c1cc(C(F)(F)F)ccc1NCC1COCCN1. The molecule has 1 heterocycles. The van der Waals surface area contributed by atoms with Gasteiger partial charge in [-0.15, -0.1) is 0 Å². The Morgan fingerprint density at radius 3 is 2.81 bits per heavy atom. The second kappa shape index (κ2) is 6.27. The van der Waals surface area contributed by atoms with E-state index in [0.29, 0.717) is 32.4 Å². The fourth-order valence-electron chi connectivity index (χ4n) is 1.99. The maximum atomic E-state index is 12.6. The second-order valence-corrected chi connectivity index (χ2v) is 4.59. The number of nitro groups is 1. The lowest BCUT2D eigenvalue weighted by atomic mass is 10.1. The number of anilines is 1. The van der Waals surface area contributed by atoms with Crippen molar-refractivity contribution in [3.05, 3.63) is 33.9 Å².